The summed E-state index contributed by atoms with van der Waals surface area (Å²) < 4.78 is 38.9. The van der Waals surface area contributed by atoms with E-state index in [1.54, 1.807) is 0 Å². The monoisotopic (exact) mass is 323 g/mol. The Morgan fingerprint density at radius 3 is 2.65 bits per heavy atom. The fraction of sp³-hybridized carbons (Fsp3) is 0.357. The van der Waals surface area contributed by atoms with Crippen LogP contribution in [0.5, 0.6) is 11.5 Å². The minimum atomic E-state index is -1.82. The Bertz CT molecular complexity index is 764. The number of alkyl halides is 1. The molecule has 1 aliphatic heterocycles. The van der Waals surface area contributed by atoms with Gasteiger partial charge in [-0.25, -0.2) is 8.78 Å². The zero-order valence-corrected chi connectivity index (χ0v) is 12.8. The Labute approximate surface area is 131 Å². The maximum Gasteiger partial charge on any atom is 0.235 e. The average Bonchev–Trinajstić information content (AvgIpc) is 2.93. The normalized spacial score (nSPS) is 13.3. The van der Waals surface area contributed by atoms with E-state index in [2.05, 4.69) is 15.0 Å². The molecule has 1 aromatic heterocycles. The van der Waals surface area contributed by atoms with Crippen molar-refractivity contribution in [2.45, 2.75) is 19.5 Å². The van der Waals surface area contributed by atoms with E-state index in [-0.39, 0.29) is 36.0 Å². The van der Waals surface area contributed by atoms with Gasteiger partial charge in [0.25, 0.3) is 0 Å². The first-order valence-corrected chi connectivity index (χ1v) is 6.80. The van der Waals surface area contributed by atoms with Crippen LogP contribution in [0.25, 0.3) is 0 Å². The molecule has 0 unspecified atom stereocenters. The van der Waals surface area contributed by atoms with Gasteiger partial charge in [-0.1, -0.05) is 0 Å². The number of ether oxygens (including phenoxy) is 2. The first-order chi connectivity index (χ1) is 10.8. The van der Waals surface area contributed by atoms with E-state index in [0.717, 1.165) is 0 Å². The van der Waals surface area contributed by atoms with E-state index in [9.17, 15) is 8.78 Å². The summed E-state index contributed by atoms with van der Waals surface area (Å²) in [6.45, 7) is 2.58. The maximum absolute atomic E-state index is 14.3. The van der Waals surface area contributed by atoms with Gasteiger partial charge in [0.2, 0.25) is 18.7 Å². The molecule has 2 heterocycles. The summed E-state index contributed by atoms with van der Waals surface area (Å²) in [5.41, 5.74) is 3.88. The predicted molar refractivity (Wildman–Crippen MR) is 79.0 cm³/mol. The highest BCUT2D eigenvalue weighted by Crippen LogP contribution is 2.44. The fourth-order valence-corrected chi connectivity index (χ4v) is 2.14. The molecule has 23 heavy (non-hydrogen) atoms. The molecular formula is C14H15F2N5O2. The van der Waals surface area contributed by atoms with E-state index in [1.807, 2.05) is 0 Å². The van der Waals surface area contributed by atoms with Crippen molar-refractivity contribution in [3.05, 3.63) is 23.8 Å². The minimum Gasteiger partial charge on any atom is -0.454 e. The predicted octanol–water partition coefficient (Wildman–Crippen LogP) is 2.29. The van der Waals surface area contributed by atoms with Gasteiger partial charge in [-0.15, -0.1) is 0 Å². The van der Waals surface area contributed by atoms with E-state index < -0.39 is 11.5 Å². The van der Waals surface area contributed by atoms with Crippen LogP contribution in [0, 0.1) is 5.82 Å². The van der Waals surface area contributed by atoms with Crippen molar-refractivity contribution in [3.63, 3.8) is 0 Å². The number of nitrogens with zero attached hydrogens (tertiary/aromatic N) is 4. The number of rotatable bonds is 3. The lowest BCUT2D eigenvalue weighted by molar-refractivity contribution is 0.174. The summed E-state index contributed by atoms with van der Waals surface area (Å²) in [6, 6.07) is 2.71. The number of hydrogen-bond acceptors (Lipinski definition) is 7. The van der Waals surface area contributed by atoms with E-state index in [4.69, 9.17) is 15.2 Å². The molecule has 0 spiro atoms. The number of anilines is 3. The molecule has 122 valence electrons. The summed E-state index contributed by atoms with van der Waals surface area (Å²) >= 11 is 0. The second kappa shape index (κ2) is 5.18. The third kappa shape index (κ3) is 2.69. The Hall–Kier alpha value is -2.71. The molecule has 9 heteroatoms. The van der Waals surface area contributed by atoms with E-state index >= 15 is 0 Å². The van der Waals surface area contributed by atoms with Crippen LogP contribution in [0.4, 0.5) is 26.4 Å². The lowest BCUT2D eigenvalue weighted by Gasteiger charge is -2.21. The van der Waals surface area contributed by atoms with Crippen LogP contribution >= 0.6 is 0 Å². The lowest BCUT2D eigenvalue weighted by atomic mass is 10.1. The molecule has 0 atom stereocenters. The SMILES string of the molecule is CN(c1nc(N)nc(C(C)(C)F)n1)c1c(F)ccc2c1OCO2. The molecule has 0 aliphatic carbocycles. The summed E-state index contributed by atoms with van der Waals surface area (Å²) in [7, 11) is 1.52. The molecular weight excluding hydrogens is 308 g/mol. The summed E-state index contributed by atoms with van der Waals surface area (Å²) in [6.07, 6.45) is 0. The van der Waals surface area contributed by atoms with Gasteiger partial charge in [0.15, 0.2) is 28.8 Å². The van der Waals surface area contributed by atoms with Crippen molar-refractivity contribution in [1.29, 1.82) is 0 Å². The second-order valence-corrected chi connectivity index (χ2v) is 5.48. The van der Waals surface area contributed by atoms with Gasteiger partial charge in [-0.2, -0.15) is 15.0 Å². The van der Waals surface area contributed by atoms with Gasteiger partial charge in [-0.3, -0.25) is 0 Å². The number of nitrogen functional groups attached to an aromatic ring is 1. The quantitative estimate of drug-likeness (QED) is 0.927. The van der Waals surface area contributed by atoms with Crippen molar-refractivity contribution >= 4 is 17.6 Å². The van der Waals surface area contributed by atoms with Crippen LogP contribution in [-0.2, 0) is 5.67 Å². The molecule has 1 aliphatic rings. The third-order valence-corrected chi connectivity index (χ3v) is 3.27. The Kier molecular flexibility index (Phi) is 3.42. The van der Waals surface area contributed by atoms with Gasteiger partial charge in [0.1, 0.15) is 5.69 Å². The highest BCUT2D eigenvalue weighted by atomic mass is 19.1. The first kappa shape index (κ1) is 15.2. The molecule has 0 saturated heterocycles. The maximum atomic E-state index is 14.3. The molecule has 0 bridgehead atoms. The Morgan fingerprint density at radius 2 is 1.96 bits per heavy atom. The van der Waals surface area contributed by atoms with E-state index in [1.165, 1.54) is 37.9 Å². The van der Waals surface area contributed by atoms with Crippen molar-refractivity contribution in [1.82, 2.24) is 15.0 Å². The van der Waals surface area contributed by atoms with Crippen molar-refractivity contribution in [2.24, 2.45) is 0 Å². The molecule has 7 nitrogen and oxygen atoms in total. The molecule has 1 aromatic carbocycles. The number of fused-ring (bicyclic) bond motifs is 1. The zero-order chi connectivity index (χ0) is 16.8. The number of benzene rings is 1. The second-order valence-electron chi connectivity index (χ2n) is 5.48. The van der Waals surface area contributed by atoms with Crippen LogP contribution in [0.15, 0.2) is 12.1 Å². The highest BCUT2D eigenvalue weighted by molar-refractivity contribution is 5.71. The average molecular weight is 323 g/mol. The molecule has 0 amide bonds. The Morgan fingerprint density at radius 1 is 1.22 bits per heavy atom. The number of halogens is 2. The lowest BCUT2D eigenvalue weighted by Crippen LogP contribution is -2.22. The van der Waals surface area contributed by atoms with Gasteiger partial charge in [-0.05, 0) is 26.0 Å². The largest absolute Gasteiger partial charge is 0.454 e. The van der Waals surface area contributed by atoms with Crippen LogP contribution in [0.3, 0.4) is 0 Å². The van der Waals surface area contributed by atoms with Crippen LogP contribution in [0.1, 0.15) is 19.7 Å². The molecule has 0 radical (unpaired) electrons. The van der Waals surface area contributed by atoms with E-state index in [0.29, 0.717) is 5.75 Å². The van der Waals surface area contributed by atoms with Crippen LogP contribution in [0.2, 0.25) is 0 Å². The van der Waals surface area contributed by atoms with Gasteiger partial charge < -0.3 is 20.1 Å². The first-order valence-electron chi connectivity index (χ1n) is 6.80. The minimum absolute atomic E-state index is 0.000949. The number of aromatic nitrogens is 3. The molecule has 2 aromatic rings. The molecule has 0 fully saturated rings. The highest BCUT2D eigenvalue weighted by Gasteiger charge is 2.28. The fourth-order valence-electron chi connectivity index (χ4n) is 2.14. The van der Waals surface area contributed by atoms with Crippen molar-refractivity contribution in [3.8, 4) is 11.5 Å². The summed E-state index contributed by atoms with van der Waals surface area (Å²) in [5, 5.41) is 0. The van der Waals surface area contributed by atoms with Gasteiger partial charge in [0.05, 0.1) is 0 Å². The number of nitrogens with two attached hydrogens (primary N) is 1. The Balaban J connectivity index is 2.10. The third-order valence-electron chi connectivity index (χ3n) is 3.27. The van der Waals surface area contributed by atoms with Crippen molar-refractivity contribution in [2.75, 3.05) is 24.5 Å². The van der Waals surface area contributed by atoms with Crippen molar-refractivity contribution < 1.29 is 18.3 Å². The molecule has 0 saturated carbocycles. The van der Waals surface area contributed by atoms with Crippen LogP contribution in [-0.4, -0.2) is 28.8 Å². The van der Waals surface area contributed by atoms with Crippen LogP contribution < -0.4 is 20.1 Å². The van der Waals surface area contributed by atoms with Gasteiger partial charge >= 0.3 is 0 Å². The molecule has 3 rings (SSSR count). The molecule has 2 N–H and O–H groups in total. The standard InChI is InChI=1S/C14H15F2N5O2/c1-14(2,16)11-18-12(17)20-13(19-11)21(3)9-7(15)4-5-8-10(9)23-6-22-8/h4-5H,6H2,1-3H3,(H2,17,18,19,20). The van der Waals surface area contributed by atoms with Gasteiger partial charge in [0, 0.05) is 7.05 Å². The zero-order valence-electron chi connectivity index (χ0n) is 12.8. The summed E-state index contributed by atoms with van der Waals surface area (Å²) in [4.78, 5) is 13.1. The summed E-state index contributed by atoms with van der Waals surface area (Å²) in [5.74, 6) is -0.226. The topological polar surface area (TPSA) is 86.4 Å². The smallest absolute Gasteiger partial charge is 0.235 e. The number of hydrogen-bond donors (Lipinski definition) is 1.